The molecule has 2 aliphatic rings. The molecule has 0 aliphatic carbocycles. The largest absolute Gasteiger partial charge is 0.488 e. The molecule has 0 atom stereocenters. The van der Waals surface area contributed by atoms with E-state index in [1.165, 1.54) is 180 Å². The summed E-state index contributed by atoms with van der Waals surface area (Å²) in [6.07, 6.45) is 42.4. The fourth-order valence-corrected chi connectivity index (χ4v) is 12.4. The lowest BCUT2D eigenvalue weighted by molar-refractivity contribution is 0.0783. The summed E-state index contributed by atoms with van der Waals surface area (Å²) in [4.78, 5) is 4.45. The van der Waals surface area contributed by atoms with Crippen molar-refractivity contribution < 1.29 is 18.9 Å². The van der Waals surface area contributed by atoms with Gasteiger partial charge >= 0.3 is 0 Å². The minimum Gasteiger partial charge on any atom is -0.488 e. The summed E-state index contributed by atoms with van der Waals surface area (Å²) in [6, 6.07) is 2.19. The fraction of sp³-hybridized carbons (Fsp3) is 0.731. The predicted molar refractivity (Wildman–Crippen MR) is 258 cm³/mol. The number of unbranched alkanes of at least 4 members (excludes halogenated alkanes) is 20. The van der Waals surface area contributed by atoms with Crippen LogP contribution in [0.3, 0.4) is 0 Å². The molecular formula is C52H80O4S3. The van der Waals surface area contributed by atoms with E-state index in [0.29, 0.717) is 6.61 Å². The van der Waals surface area contributed by atoms with Crippen LogP contribution < -0.4 is 18.9 Å². The molecule has 7 heteroatoms. The van der Waals surface area contributed by atoms with Gasteiger partial charge in [-0.2, -0.15) is 0 Å². The van der Waals surface area contributed by atoms with E-state index in [2.05, 4.69) is 50.4 Å². The molecule has 2 aliphatic heterocycles. The van der Waals surface area contributed by atoms with Gasteiger partial charge in [0.2, 0.25) is 0 Å². The van der Waals surface area contributed by atoms with Crippen molar-refractivity contribution in [2.24, 2.45) is 10.8 Å². The van der Waals surface area contributed by atoms with Gasteiger partial charge in [0.1, 0.15) is 0 Å². The van der Waals surface area contributed by atoms with Crippen molar-refractivity contribution in [1.29, 1.82) is 0 Å². The molecule has 0 spiro atoms. The lowest BCUT2D eigenvalue weighted by Crippen LogP contribution is -2.33. The summed E-state index contributed by atoms with van der Waals surface area (Å²) in [7, 11) is 0. The molecule has 0 amide bonds. The first-order valence-corrected chi connectivity index (χ1v) is 26.9. The highest BCUT2D eigenvalue weighted by atomic mass is 32.1. The third kappa shape index (κ3) is 14.5. The van der Waals surface area contributed by atoms with Crippen molar-refractivity contribution in [3.8, 4) is 54.9 Å². The summed E-state index contributed by atoms with van der Waals surface area (Å²) in [5.74, 6) is 6.60. The molecule has 3 aromatic heterocycles. The molecule has 3 aromatic rings. The second-order valence-electron chi connectivity index (χ2n) is 18.2. The number of ether oxygens (including phenoxy) is 4. The highest BCUT2D eigenvalue weighted by Crippen LogP contribution is 2.55. The Hall–Kier alpha value is -2.14. The van der Waals surface area contributed by atoms with Crippen LogP contribution in [0.1, 0.15) is 213 Å². The van der Waals surface area contributed by atoms with Gasteiger partial charge in [-0.1, -0.05) is 188 Å². The quantitative estimate of drug-likeness (QED) is 0.0494. The molecule has 0 N–H and O–H groups in total. The molecule has 59 heavy (non-hydrogen) atoms. The first kappa shape index (κ1) is 47.9. The molecule has 0 fully saturated rings. The topological polar surface area (TPSA) is 36.9 Å². The van der Waals surface area contributed by atoms with Crippen LogP contribution >= 0.6 is 34.0 Å². The monoisotopic (exact) mass is 865 g/mol. The van der Waals surface area contributed by atoms with Crippen molar-refractivity contribution in [3.63, 3.8) is 0 Å². The Bertz CT molecular complexity index is 1610. The molecule has 5 heterocycles. The van der Waals surface area contributed by atoms with Crippen molar-refractivity contribution in [1.82, 2.24) is 0 Å². The second-order valence-corrected chi connectivity index (χ2v) is 21.1. The Kier molecular flexibility index (Phi) is 21.4. The van der Waals surface area contributed by atoms with Gasteiger partial charge in [0.25, 0.3) is 0 Å². The lowest BCUT2D eigenvalue weighted by atomic mass is 9.79. The van der Waals surface area contributed by atoms with Crippen molar-refractivity contribution in [2.45, 2.75) is 207 Å². The van der Waals surface area contributed by atoms with E-state index >= 15 is 0 Å². The van der Waals surface area contributed by atoms with Crippen LogP contribution in [0.5, 0.6) is 23.0 Å². The minimum atomic E-state index is 0.0459. The average molecular weight is 865 g/mol. The zero-order chi connectivity index (χ0) is 41.6. The van der Waals surface area contributed by atoms with Gasteiger partial charge in [0.05, 0.1) is 45.9 Å². The maximum atomic E-state index is 6.91. The third-order valence-corrected chi connectivity index (χ3v) is 16.5. The van der Waals surface area contributed by atoms with Crippen molar-refractivity contribution in [3.05, 3.63) is 22.4 Å². The van der Waals surface area contributed by atoms with Crippen LogP contribution in [-0.4, -0.2) is 26.4 Å². The molecular weight excluding hydrogens is 785 g/mol. The standard InChI is InChI=1S/C52H80O4S3/c1-6-11-15-19-23-27-31-51(32-28-24-20-16-12-7-2)38-53-43-36-57-49(46(43)55-40-51)45-35-42(10-5)48(59-45)50-47-44(37-58-50)54-39-52(41-56-47,33-29-25-21-17-13-8-3)34-30-26-22-18-14-9-4/h5,35-37H,6-9,11-34,38-41H2,1-4H3. The SMILES string of the molecule is C#Cc1cc(-c2scc3c2OCC(CCCCCCCC)(CCCCCCCC)CO3)sc1-c1scc2c1OCC(CCCCCCCC)(CCCCCCCC)CO2. The molecule has 0 aromatic carbocycles. The molecule has 5 rings (SSSR count). The number of hydrogen-bond acceptors (Lipinski definition) is 7. The van der Waals surface area contributed by atoms with Gasteiger partial charge in [-0.3, -0.25) is 0 Å². The van der Waals surface area contributed by atoms with E-state index in [0.717, 1.165) is 67.9 Å². The summed E-state index contributed by atoms with van der Waals surface area (Å²) in [5, 5.41) is 4.31. The highest BCUT2D eigenvalue weighted by Gasteiger charge is 2.38. The Labute approximate surface area is 373 Å². The van der Waals surface area contributed by atoms with Gasteiger partial charge in [-0.25, -0.2) is 0 Å². The van der Waals surface area contributed by atoms with Gasteiger partial charge in [-0.15, -0.1) is 40.4 Å². The maximum absolute atomic E-state index is 6.91. The fourth-order valence-electron chi connectivity index (χ4n) is 9.18. The molecule has 0 saturated heterocycles. The maximum Gasteiger partial charge on any atom is 0.180 e. The third-order valence-electron chi connectivity index (χ3n) is 13.1. The number of hydrogen-bond donors (Lipinski definition) is 0. The molecule has 0 radical (unpaired) electrons. The van der Waals surface area contributed by atoms with Crippen molar-refractivity contribution in [2.75, 3.05) is 26.4 Å². The molecule has 4 nitrogen and oxygen atoms in total. The first-order valence-electron chi connectivity index (χ1n) is 24.4. The smallest absolute Gasteiger partial charge is 0.180 e. The minimum absolute atomic E-state index is 0.0459. The van der Waals surface area contributed by atoms with Gasteiger partial charge in [0.15, 0.2) is 23.0 Å². The van der Waals surface area contributed by atoms with Crippen LogP contribution in [0.2, 0.25) is 0 Å². The highest BCUT2D eigenvalue weighted by molar-refractivity contribution is 7.26. The second kappa shape index (κ2) is 26.4. The molecule has 0 bridgehead atoms. The van der Waals surface area contributed by atoms with E-state index in [9.17, 15) is 0 Å². The first-order chi connectivity index (χ1) is 29.0. The number of fused-ring (bicyclic) bond motifs is 2. The van der Waals surface area contributed by atoms with E-state index in [4.69, 9.17) is 25.4 Å². The molecule has 0 unspecified atom stereocenters. The molecule has 330 valence electrons. The summed E-state index contributed by atoms with van der Waals surface area (Å²) in [6.45, 7) is 12.1. The van der Waals surface area contributed by atoms with Crippen LogP contribution in [0.4, 0.5) is 0 Å². The normalized spacial score (nSPS) is 15.5. The Balaban J connectivity index is 1.29. The van der Waals surface area contributed by atoms with E-state index in [1.807, 2.05) is 0 Å². The van der Waals surface area contributed by atoms with Crippen LogP contribution in [0, 0.1) is 23.2 Å². The zero-order valence-electron chi connectivity index (χ0n) is 37.8. The van der Waals surface area contributed by atoms with E-state index < -0.39 is 0 Å². The predicted octanol–water partition coefficient (Wildman–Crippen LogP) is 17.7. The number of rotatable bonds is 30. The van der Waals surface area contributed by atoms with Crippen LogP contribution in [0.25, 0.3) is 19.5 Å². The summed E-state index contributed by atoms with van der Waals surface area (Å²) >= 11 is 5.17. The molecule has 0 saturated carbocycles. The zero-order valence-corrected chi connectivity index (χ0v) is 40.2. The van der Waals surface area contributed by atoms with Gasteiger partial charge < -0.3 is 18.9 Å². The Morgan fingerprint density at radius 3 is 1.24 bits per heavy atom. The number of terminal acetylenes is 1. The van der Waals surface area contributed by atoms with E-state index in [1.54, 1.807) is 34.0 Å². The van der Waals surface area contributed by atoms with E-state index in [-0.39, 0.29) is 10.8 Å². The Morgan fingerprint density at radius 2 is 0.831 bits per heavy atom. The van der Waals surface area contributed by atoms with Gasteiger partial charge in [0, 0.05) is 27.2 Å². The van der Waals surface area contributed by atoms with Gasteiger partial charge in [-0.05, 0) is 31.7 Å². The lowest BCUT2D eigenvalue weighted by Gasteiger charge is -2.31. The van der Waals surface area contributed by atoms with Crippen LogP contribution in [-0.2, 0) is 0 Å². The van der Waals surface area contributed by atoms with Crippen LogP contribution in [0.15, 0.2) is 16.8 Å². The number of thiophene rings is 3. The average Bonchev–Trinajstić information content (AvgIpc) is 3.92. The summed E-state index contributed by atoms with van der Waals surface area (Å²) in [5.41, 5.74) is 1.01. The summed E-state index contributed by atoms with van der Waals surface area (Å²) < 4.78 is 27.3. The Morgan fingerprint density at radius 1 is 0.475 bits per heavy atom. The van der Waals surface area contributed by atoms with Crippen molar-refractivity contribution >= 4 is 34.0 Å².